The highest BCUT2D eigenvalue weighted by Gasteiger charge is 2.24. The monoisotopic (exact) mass is 376 g/mol. The Balaban J connectivity index is 1.24. The highest BCUT2D eigenvalue weighted by molar-refractivity contribution is 7.10. The number of aryl methyl sites for hydroxylation is 2. The van der Waals surface area contributed by atoms with Gasteiger partial charge in [0.2, 0.25) is 5.91 Å². The zero-order chi connectivity index (χ0) is 17.9. The third-order valence-electron chi connectivity index (χ3n) is 5.03. The van der Waals surface area contributed by atoms with Crippen LogP contribution in [-0.4, -0.2) is 33.4 Å². The second-order valence-corrected chi connectivity index (χ2v) is 7.81. The lowest BCUT2D eigenvalue weighted by Crippen LogP contribution is -2.30. The average Bonchev–Trinajstić information content (AvgIpc) is 3.25. The van der Waals surface area contributed by atoms with Crippen LogP contribution in [0.3, 0.4) is 0 Å². The lowest BCUT2D eigenvalue weighted by molar-refractivity contribution is -0.124. The summed E-state index contributed by atoms with van der Waals surface area (Å²) in [5.41, 5.74) is 1.29. The first-order chi connectivity index (χ1) is 12.7. The maximum absolute atomic E-state index is 12.3. The van der Waals surface area contributed by atoms with Gasteiger partial charge in [-0.05, 0) is 42.7 Å². The van der Waals surface area contributed by atoms with Crippen LogP contribution in [0.4, 0.5) is 0 Å². The van der Waals surface area contributed by atoms with E-state index in [1.807, 2.05) is 0 Å². The zero-order valence-electron chi connectivity index (χ0n) is 14.8. The molecule has 1 N–H and O–H groups in total. The van der Waals surface area contributed by atoms with E-state index in [-0.39, 0.29) is 17.7 Å². The highest BCUT2D eigenvalue weighted by atomic mass is 32.1. The number of hydrogen-bond donors (Lipinski definition) is 1. The largest absolute Gasteiger partial charge is 0.372 e. The summed E-state index contributed by atoms with van der Waals surface area (Å²) >= 11 is 1.66. The van der Waals surface area contributed by atoms with Crippen LogP contribution in [0.2, 0.25) is 0 Å². The molecule has 0 saturated carbocycles. The van der Waals surface area contributed by atoms with E-state index in [1.54, 1.807) is 15.9 Å². The molecule has 7 nitrogen and oxygen atoms in total. The fourth-order valence-corrected chi connectivity index (χ4v) is 4.67. The summed E-state index contributed by atoms with van der Waals surface area (Å²) in [5, 5.41) is 9.42. The van der Waals surface area contributed by atoms with E-state index in [4.69, 9.17) is 4.74 Å². The minimum absolute atomic E-state index is 0.00673. The molecular formula is C18H24N4O3S. The van der Waals surface area contributed by atoms with Gasteiger partial charge in [0.15, 0.2) is 0 Å². The van der Waals surface area contributed by atoms with Crippen molar-refractivity contribution < 1.29 is 9.53 Å². The van der Waals surface area contributed by atoms with Crippen molar-refractivity contribution in [3.63, 3.8) is 0 Å². The Labute approximate surface area is 156 Å². The van der Waals surface area contributed by atoms with E-state index in [0.717, 1.165) is 38.1 Å². The van der Waals surface area contributed by atoms with Crippen LogP contribution in [0.15, 0.2) is 16.2 Å². The van der Waals surface area contributed by atoms with Crippen molar-refractivity contribution >= 4 is 17.2 Å². The Bertz CT molecular complexity index is 838. The highest BCUT2D eigenvalue weighted by Crippen LogP contribution is 2.33. The molecule has 0 saturated heterocycles. The average molecular weight is 376 g/mol. The summed E-state index contributed by atoms with van der Waals surface area (Å²) in [4.78, 5) is 25.6. The van der Waals surface area contributed by atoms with Crippen molar-refractivity contribution in [3.05, 3.63) is 38.2 Å². The summed E-state index contributed by atoms with van der Waals surface area (Å²) in [7, 11) is 0. The van der Waals surface area contributed by atoms with Crippen molar-refractivity contribution in [2.75, 3.05) is 13.2 Å². The number of carbonyl (C=O) groups excluding carboxylic acids is 1. The normalized spacial score (nSPS) is 19.0. The molecule has 4 rings (SSSR count). The van der Waals surface area contributed by atoms with E-state index in [2.05, 4.69) is 21.9 Å². The minimum atomic E-state index is -0.124. The summed E-state index contributed by atoms with van der Waals surface area (Å²) in [5.74, 6) is 0.888. The second-order valence-electron chi connectivity index (χ2n) is 6.86. The number of fused-ring (bicyclic) bond motifs is 2. The summed E-state index contributed by atoms with van der Waals surface area (Å²) in [6.45, 7) is 2.53. The molecule has 8 heteroatoms. The number of aromatic nitrogens is 3. The van der Waals surface area contributed by atoms with Crippen LogP contribution < -0.4 is 11.0 Å². The molecule has 0 fully saturated rings. The quantitative estimate of drug-likeness (QED) is 0.778. The van der Waals surface area contributed by atoms with Crippen LogP contribution in [0.1, 0.15) is 48.1 Å². The number of hydrogen-bond acceptors (Lipinski definition) is 5. The van der Waals surface area contributed by atoms with Crippen LogP contribution in [-0.2, 0) is 35.5 Å². The van der Waals surface area contributed by atoms with Gasteiger partial charge in [0.05, 0.1) is 13.0 Å². The summed E-state index contributed by atoms with van der Waals surface area (Å²) in [6, 6.07) is 2.12. The number of thiophene rings is 1. The summed E-state index contributed by atoms with van der Waals surface area (Å²) < 4.78 is 9.08. The lowest BCUT2D eigenvalue weighted by atomic mass is 10.1. The molecule has 2 aromatic rings. The Hall–Kier alpha value is -1.93. The van der Waals surface area contributed by atoms with Crippen molar-refractivity contribution in [3.8, 4) is 0 Å². The van der Waals surface area contributed by atoms with Gasteiger partial charge in [-0.15, -0.1) is 11.3 Å². The topological polar surface area (TPSA) is 78.2 Å². The minimum Gasteiger partial charge on any atom is -0.372 e. The van der Waals surface area contributed by atoms with E-state index in [0.29, 0.717) is 32.5 Å². The van der Waals surface area contributed by atoms with E-state index >= 15 is 0 Å². The van der Waals surface area contributed by atoms with Gasteiger partial charge in [0, 0.05) is 30.9 Å². The van der Waals surface area contributed by atoms with Crippen molar-refractivity contribution in [2.45, 2.75) is 57.7 Å². The third kappa shape index (κ3) is 3.61. The van der Waals surface area contributed by atoms with Crippen LogP contribution in [0, 0.1) is 0 Å². The molecule has 2 aliphatic heterocycles. The number of nitrogens with zero attached hydrogens (tertiary/aromatic N) is 3. The van der Waals surface area contributed by atoms with Crippen molar-refractivity contribution in [2.24, 2.45) is 0 Å². The predicted octanol–water partition coefficient (Wildman–Crippen LogP) is 1.65. The SMILES string of the molecule is O=C(C[C@H]1OCCc2ccsc21)NCCCn1nc2n(c1=O)CCCC2. The van der Waals surface area contributed by atoms with E-state index in [1.165, 1.54) is 15.1 Å². The molecule has 4 heterocycles. The van der Waals surface area contributed by atoms with Gasteiger partial charge in [0.1, 0.15) is 11.9 Å². The van der Waals surface area contributed by atoms with E-state index in [9.17, 15) is 9.59 Å². The Morgan fingerprint density at radius 3 is 3.19 bits per heavy atom. The zero-order valence-corrected chi connectivity index (χ0v) is 15.6. The van der Waals surface area contributed by atoms with Crippen LogP contribution >= 0.6 is 11.3 Å². The smallest absolute Gasteiger partial charge is 0.345 e. The van der Waals surface area contributed by atoms with Crippen molar-refractivity contribution in [1.29, 1.82) is 0 Å². The first-order valence-electron chi connectivity index (χ1n) is 9.33. The molecule has 26 heavy (non-hydrogen) atoms. The van der Waals surface area contributed by atoms with Gasteiger partial charge in [-0.1, -0.05) is 0 Å². The van der Waals surface area contributed by atoms with Gasteiger partial charge in [-0.3, -0.25) is 9.36 Å². The van der Waals surface area contributed by atoms with Crippen LogP contribution in [0.5, 0.6) is 0 Å². The molecular weight excluding hydrogens is 352 g/mol. The molecule has 0 radical (unpaired) electrons. The molecule has 2 aromatic heterocycles. The molecule has 0 aromatic carbocycles. The molecule has 0 spiro atoms. The first-order valence-corrected chi connectivity index (χ1v) is 10.2. The molecule has 2 aliphatic rings. The fraction of sp³-hybridized carbons (Fsp3) is 0.611. The molecule has 1 amide bonds. The molecule has 0 aliphatic carbocycles. The second kappa shape index (κ2) is 7.75. The van der Waals surface area contributed by atoms with Crippen molar-refractivity contribution in [1.82, 2.24) is 19.7 Å². The Morgan fingerprint density at radius 1 is 1.38 bits per heavy atom. The number of amides is 1. The standard InChI is InChI=1S/C18H24N4O3S/c23-16(12-14-17-13(5-10-25-14)6-11-26-17)19-7-3-9-22-18(24)21-8-2-1-4-15(21)20-22/h6,11,14H,1-5,7-10,12H2,(H,19,23)/t14-/m1/s1. The molecule has 1 atom stereocenters. The number of ether oxygens (including phenoxy) is 1. The van der Waals surface area contributed by atoms with Gasteiger partial charge in [0.25, 0.3) is 0 Å². The molecule has 0 bridgehead atoms. The predicted molar refractivity (Wildman–Crippen MR) is 98.4 cm³/mol. The van der Waals surface area contributed by atoms with E-state index < -0.39 is 0 Å². The fourth-order valence-electron chi connectivity index (χ4n) is 3.67. The molecule has 140 valence electrons. The number of nitrogens with one attached hydrogen (secondary N) is 1. The Morgan fingerprint density at radius 2 is 2.31 bits per heavy atom. The maximum Gasteiger partial charge on any atom is 0.345 e. The lowest BCUT2D eigenvalue weighted by Gasteiger charge is -2.22. The summed E-state index contributed by atoms with van der Waals surface area (Å²) in [6.07, 6.45) is 4.88. The maximum atomic E-state index is 12.3. The van der Waals surface area contributed by atoms with Gasteiger partial charge < -0.3 is 10.1 Å². The van der Waals surface area contributed by atoms with Gasteiger partial charge in [-0.2, -0.15) is 5.10 Å². The number of rotatable bonds is 6. The van der Waals surface area contributed by atoms with Crippen LogP contribution in [0.25, 0.3) is 0 Å². The first kappa shape index (κ1) is 17.5. The number of carbonyl (C=O) groups is 1. The molecule has 0 unspecified atom stereocenters. The van der Waals surface area contributed by atoms with Gasteiger partial charge >= 0.3 is 5.69 Å². The Kier molecular flexibility index (Phi) is 5.21. The third-order valence-corrected chi connectivity index (χ3v) is 6.09. The van der Waals surface area contributed by atoms with Gasteiger partial charge in [-0.25, -0.2) is 9.48 Å².